The van der Waals surface area contributed by atoms with Gasteiger partial charge in [-0.15, -0.1) is 0 Å². The van der Waals surface area contributed by atoms with Crippen LogP contribution in [0.25, 0.3) is 0 Å². The fourth-order valence-electron chi connectivity index (χ4n) is 1.80. The minimum Gasteiger partial charge on any atom is -0.389 e. The maximum absolute atomic E-state index is 11.7. The Hall–Kier alpha value is -1.46. The number of amides is 1. The average Bonchev–Trinajstić information content (AvgIpc) is 2.43. The molecule has 0 spiro atoms. The molecule has 4 nitrogen and oxygen atoms in total. The highest BCUT2D eigenvalue weighted by molar-refractivity contribution is 7.80. The zero-order valence-electron chi connectivity index (χ0n) is 12.7. The van der Waals surface area contributed by atoms with E-state index in [0.29, 0.717) is 30.5 Å². The number of hydrogen-bond donors (Lipinski definition) is 2. The van der Waals surface area contributed by atoms with Crippen molar-refractivity contribution in [3.63, 3.8) is 0 Å². The van der Waals surface area contributed by atoms with E-state index in [0.717, 1.165) is 24.1 Å². The average molecular weight is 308 g/mol. The van der Waals surface area contributed by atoms with Crippen molar-refractivity contribution < 1.29 is 9.53 Å². The molecule has 1 amide bonds. The Morgan fingerprint density at radius 3 is 2.52 bits per heavy atom. The Labute approximate surface area is 132 Å². The number of rotatable bonds is 9. The first-order chi connectivity index (χ1) is 9.99. The molecule has 1 aromatic carbocycles. The lowest BCUT2D eigenvalue weighted by Gasteiger charge is -2.08. The smallest absolute Gasteiger partial charge is 0.226 e. The predicted octanol–water partition coefficient (Wildman–Crippen LogP) is 3.10. The van der Waals surface area contributed by atoms with Crippen molar-refractivity contribution in [2.24, 2.45) is 11.7 Å². The quantitative estimate of drug-likeness (QED) is 0.543. The van der Waals surface area contributed by atoms with Gasteiger partial charge in [-0.1, -0.05) is 26.1 Å². The van der Waals surface area contributed by atoms with Gasteiger partial charge in [0.25, 0.3) is 0 Å². The van der Waals surface area contributed by atoms with Crippen LogP contribution in [0.4, 0.5) is 5.69 Å². The summed E-state index contributed by atoms with van der Waals surface area (Å²) in [6.45, 7) is 5.55. The summed E-state index contributed by atoms with van der Waals surface area (Å²) in [4.78, 5) is 12.1. The van der Waals surface area contributed by atoms with Gasteiger partial charge in [0.15, 0.2) is 0 Å². The molecule has 21 heavy (non-hydrogen) atoms. The minimum absolute atomic E-state index is 0.0538. The molecule has 0 fully saturated rings. The van der Waals surface area contributed by atoms with Gasteiger partial charge in [-0.3, -0.25) is 4.79 Å². The van der Waals surface area contributed by atoms with Crippen LogP contribution in [0.5, 0.6) is 0 Å². The topological polar surface area (TPSA) is 64.3 Å². The van der Waals surface area contributed by atoms with Crippen LogP contribution in [0.1, 0.15) is 38.7 Å². The van der Waals surface area contributed by atoms with Crippen molar-refractivity contribution in [2.75, 3.05) is 18.5 Å². The fraction of sp³-hybridized carbons (Fsp3) is 0.500. The molecule has 0 aliphatic rings. The number of carbonyl (C=O) groups excluding carboxylic acids is 1. The number of ether oxygens (including phenoxy) is 1. The molecule has 0 bridgehead atoms. The van der Waals surface area contributed by atoms with Crippen molar-refractivity contribution in [2.45, 2.75) is 33.1 Å². The third-order valence-corrected chi connectivity index (χ3v) is 3.23. The first kappa shape index (κ1) is 17.6. The number of anilines is 1. The monoisotopic (exact) mass is 308 g/mol. The van der Waals surface area contributed by atoms with Gasteiger partial charge in [0, 0.05) is 17.9 Å². The third-order valence-electron chi connectivity index (χ3n) is 3.00. The number of nitrogens with one attached hydrogen (secondary N) is 1. The molecule has 0 aliphatic carbocycles. The van der Waals surface area contributed by atoms with E-state index in [-0.39, 0.29) is 5.91 Å². The number of benzene rings is 1. The van der Waals surface area contributed by atoms with E-state index >= 15 is 0 Å². The number of hydrogen-bond acceptors (Lipinski definition) is 3. The Morgan fingerprint density at radius 1 is 1.29 bits per heavy atom. The lowest BCUT2D eigenvalue weighted by molar-refractivity contribution is -0.117. The van der Waals surface area contributed by atoms with Gasteiger partial charge >= 0.3 is 0 Å². The zero-order chi connectivity index (χ0) is 15.7. The molecule has 0 aromatic heterocycles. The van der Waals surface area contributed by atoms with Crippen molar-refractivity contribution in [3.8, 4) is 0 Å². The van der Waals surface area contributed by atoms with Crippen LogP contribution in [0.3, 0.4) is 0 Å². The van der Waals surface area contributed by atoms with Crippen molar-refractivity contribution in [3.05, 3.63) is 29.8 Å². The second-order valence-electron chi connectivity index (χ2n) is 5.39. The van der Waals surface area contributed by atoms with Crippen molar-refractivity contribution >= 4 is 28.8 Å². The molecule has 1 aromatic rings. The van der Waals surface area contributed by atoms with Gasteiger partial charge < -0.3 is 15.8 Å². The summed E-state index contributed by atoms with van der Waals surface area (Å²) in [6.07, 6.45) is 2.56. The summed E-state index contributed by atoms with van der Waals surface area (Å²) in [5, 5.41) is 2.81. The standard InChI is InChI=1S/C16H24N2O2S/c1-12(2)4-3-10-20-11-9-15(19)18-14-7-5-13(6-8-14)16(17)21/h5-8,12H,3-4,9-11H2,1-2H3,(H2,17,21)(H,18,19). The first-order valence-electron chi connectivity index (χ1n) is 7.26. The van der Waals surface area contributed by atoms with E-state index in [1.807, 2.05) is 0 Å². The summed E-state index contributed by atoms with van der Waals surface area (Å²) in [6, 6.07) is 7.16. The molecule has 0 heterocycles. The molecule has 0 saturated heterocycles. The lowest BCUT2D eigenvalue weighted by Crippen LogP contribution is -2.15. The Bertz CT molecular complexity index is 458. The Balaban J connectivity index is 2.20. The van der Waals surface area contributed by atoms with E-state index < -0.39 is 0 Å². The molecular weight excluding hydrogens is 284 g/mol. The summed E-state index contributed by atoms with van der Waals surface area (Å²) in [5.74, 6) is 0.642. The van der Waals surface area contributed by atoms with Crippen LogP contribution in [0, 0.1) is 5.92 Å². The largest absolute Gasteiger partial charge is 0.389 e. The number of nitrogens with two attached hydrogens (primary N) is 1. The van der Waals surface area contributed by atoms with Gasteiger partial charge in [-0.25, -0.2) is 0 Å². The highest BCUT2D eigenvalue weighted by Gasteiger charge is 2.03. The van der Waals surface area contributed by atoms with Gasteiger partial charge in [-0.05, 0) is 43.0 Å². The van der Waals surface area contributed by atoms with Gasteiger partial charge in [0.2, 0.25) is 5.91 Å². The van der Waals surface area contributed by atoms with Crippen LogP contribution in [-0.4, -0.2) is 24.1 Å². The van der Waals surface area contributed by atoms with E-state index in [4.69, 9.17) is 22.7 Å². The molecule has 0 aliphatic heterocycles. The predicted molar refractivity (Wildman–Crippen MR) is 90.5 cm³/mol. The maximum atomic E-state index is 11.7. The summed E-state index contributed by atoms with van der Waals surface area (Å²) < 4.78 is 5.45. The van der Waals surface area contributed by atoms with Gasteiger partial charge in [-0.2, -0.15) is 0 Å². The molecule has 0 radical (unpaired) electrons. The van der Waals surface area contributed by atoms with E-state index in [1.54, 1.807) is 24.3 Å². The van der Waals surface area contributed by atoms with Crippen LogP contribution in [-0.2, 0) is 9.53 Å². The zero-order valence-corrected chi connectivity index (χ0v) is 13.5. The SMILES string of the molecule is CC(C)CCCOCCC(=O)Nc1ccc(C(N)=S)cc1. The Morgan fingerprint density at radius 2 is 1.95 bits per heavy atom. The first-order valence-corrected chi connectivity index (χ1v) is 7.67. The molecule has 0 saturated carbocycles. The molecular formula is C16H24N2O2S. The lowest BCUT2D eigenvalue weighted by atomic mass is 10.1. The number of thiocarbonyl (C=S) groups is 1. The van der Waals surface area contributed by atoms with Crippen LogP contribution in [0.15, 0.2) is 24.3 Å². The summed E-state index contributed by atoms with van der Waals surface area (Å²) >= 11 is 4.88. The van der Waals surface area contributed by atoms with E-state index in [2.05, 4.69) is 19.2 Å². The Kier molecular flexibility index (Phi) is 7.93. The van der Waals surface area contributed by atoms with Gasteiger partial charge in [0.1, 0.15) is 4.99 Å². The molecule has 1 rings (SSSR count). The van der Waals surface area contributed by atoms with E-state index in [9.17, 15) is 4.79 Å². The molecule has 116 valence electrons. The van der Waals surface area contributed by atoms with Crippen molar-refractivity contribution in [1.82, 2.24) is 0 Å². The van der Waals surface area contributed by atoms with Crippen molar-refractivity contribution in [1.29, 1.82) is 0 Å². The van der Waals surface area contributed by atoms with Crippen LogP contribution < -0.4 is 11.1 Å². The molecule has 3 N–H and O–H groups in total. The summed E-state index contributed by atoms with van der Waals surface area (Å²) in [7, 11) is 0. The highest BCUT2D eigenvalue weighted by Crippen LogP contribution is 2.10. The minimum atomic E-state index is -0.0538. The molecule has 0 atom stereocenters. The molecule has 0 unspecified atom stereocenters. The highest BCUT2D eigenvalue weighted by atomic mass is 32.1. The second kappa shape index (κ2) is 9.47. The second-order valence-corrected chi connectivity index (χ2v) is 5.83. The summed E-state index contributed by atoms with van der Waals surface area (Å²) in [5.41, 5.74) is 7.04. The van der Waals surface area contributed by atoms with Crippen LogP contribution >= 0.6 is 12.2 Å². The van der Waals surface area contributed by atoms with Crippen LogP contribution in [0.2, 0.25) is 0 Å². The third kappa shape index (κ3) is 7.78. The maximum Gasteiger partial charge on any atom is 0.226 e. The normalized spacial score (nSPS) is 10.6. The number of carbonyl (C=O) groups is 1. The fourth-order valence-corrected chi connectivity index (χ4v) is 1.94. The van der Waals surface area contributed by atoms with Gasteiger partial charge in [0.05, 0.1) is 13.0 Å². The van der Waals surface area contributed by atoms with E-state index in [1.165, 1.54) is 0 Å². The molecule has 5 heteroatoms.